The van der Waals surface area contributed by atoms with Crippen LogP contribution in [0.1, 0.15) is 42.1 Å². The van der Waals surface area contributed by atoms with E-state index in [0.29, 0.717) is 18.2 Å². The Hall–Kier alpha value is -1.92. The van der Waals surface area contributed by atoms with Gasteiger partial charge in [-0.15, -0.1) is 0 Å². The van der Waals surface area contributed by atoms with Crippen LogP contribution in [0.3, 0.4) is 0 Å². The molecule has 0 bridgehead atoms. The third-order valence-electron chi connectivity index (χ3n) is 3.78. The van der Waals surface area contributed by atoms with Gasteiger partial charge in [0.25, 0.3) is 0 Å². The first-order valence-electron chi connectivity index (χ1n) is 7.60. The maximum absolute atomic E-state index is 12.1. The van der Waals surface area contributed by atoms with E-state index in [1.807, 2.05) is 12.1 Å². The molecule has 2 rings (SSSR count). The van der Waals surface area contributed by atoms with Crippen molar-refractivity contribution in [2.24, 2.45) is 0 Å². The smallest absolute Gasteiger partial charge is 0.337 e. The molecule has 1 aromatic rings. The maximum Gasteiger partial charge on any atom is 0.337 e. The highest BCUT2D eigenvalue weighted by Crippen LogP contribution is 2.11. The second kappa shape index (κ2) is 7.91. The number of hydrogen-bond donors (Lipinski definition) is 3. The van der Waals surface area contributed by atoms with Crippen molar-refractivity contribution in [2.45, 2.75) is 44.8 Å². The zero-order valence-electron chi connectivity index (χ0n) is 13.0. The van der Waals surface area contributed by atoms with Crippen LogP contribution in [0, 0.1) is 0 Å². The van der Waals surface area contributed by atoms with E-state index in [9.17, 15) is 9.59 Å². The molecule has 1 heterocycles. The van der Waals surface area contributed by atoms with Crippen LogP contribution in [0.4, 0.5) is 0 Å². The van der Waals surface area contributed by atoms with Crippen molar-refractivity contribution < 1.29 is 14.3 Å². The maximum atomic E-state index is 12.1. The number of rotatable bonds is 6. The lowest BCUT2D eigenvalue weighted by molar-refractivity contribution is -0.123. The first-order valence-corrected chi connectivity index (χ1v) is 7.60. The molecular formula is C16H23N3O3. The van der Waals surface area contributed by atoms with Crippen LogP contribution in [0.2, 0.25) is 0 Å². The number of carbonyl (C=O) groups is 2. The minimum Gasteiger partial charge on any atom is -0.465 e. The van der Waals surface area contributed by atoms with E-state index in [-0.39, 0.29) is 17.9 Å². The summed E-state index contributed by atoms with van der Waals surface area (Å²) in [4.78, 5) is 23.4. The Morgan fingerprint density at radius 3 is 2.64 bits per heavy atom. The molecule has 0 saturated carbocycles. The van der Waals surface area contributed by atoms with E-state index in [1.165, 1.54) is 7.11 Å². The molecule has 1 aliphatic rings. The van der Waals surface area contributed by atoms with Crippen LogP contribution < -0.4 is 16.2 Å². The average Bonchev–Trinajstić information content (AvgIpc) is 3.01. The standard InChI is InChI=1S/C16H23N3O3/c1-3-4-13-9-14(19-18-13)15(20)17-10-11-5-7-12(8-6-11)16(21)22-2/h5-8,13-14,18-19H,3-4,9-10H2,1-2H3,(H,17,20). The lowest BCUT2D eigenvalue weighted by Gasteiger charge is -2.11. The molecule has 22 heavy (non-hydrogen) atoms. The largest absolute Gasteiger partial charge is 0.465 e. The van der Waals surface area contributed by atoms with Crippen LogP contribution in [0.15, 0.2) is 24.3 Å². The van der Waals surface area contributed by atoms with Crippen molar-refractivity contribution in [1.29, 1.82) is 0 Å². The fourth-order valence-corrected chi connectivity index (χ4v) is 2.52. The van der Waals surface area contributed by atoms with E-state index >= 15 is 0 Å². The number of benzene rings is 1. The Morgan fingerprint density at radius 2 is 2.00 bits per heavy atom. The first kappa shape index (κ1) is 16.5. The lowest BCUT2D eigenvalue weighted by atomic mass is 10.1. The molecule has 0 radical (unpaired) electrons. The summed E-state index contributed by atoms with van der Waals surface area (Å²) in [7, 11) is 1.35. The Labute approximate surface area is 130 Å². The SMILES string of the molecule is CCCC1CC(C(=O)NCc2ccc(C(=O)OC)cc2)NN1. The highest BCUT2D eigenvalue weighted by atomic mass is 16.5. The van der Waals surface area contributed by atoms with Gasteiger partial charge in [-0.1, -0.05) is 25.5 Å². The van der Waals surface area contributed by atoms with E-state index in [1.54, 1.807) is 12.1 Å². The predicted molar refractivity (Wildman–Crippen MR) is 83.0 cm³/mol. The molecule has 0 aliphatic carbocycles. The predicted octanol–water partition coefficient (Wildman–Crippen LogP) is 1.12. The molecular weight excluding hydrogens is 282 g/mol. The fourth-order valence-electron chi connectivity index (χ4n) is 2.52. The number of amides is 1. The molecule has 2 atom stereocenters. The average molecular weight is 305 g/mol. The fraction of sp³-hybridized carbons (Fsp3) is 0.500. The van der Waals surface area contributed by atoms with Gasteiger partial charge in [-0.25, -0.2) is 10.2 Å². The zero-order valence-corrected chi connectivity index (χ0v) is 13.0. The molecule has 1 saturated heterocycles. The second-order valence-electron chi connectivity index (χ2n) is 5.47. The number of carbonyl (C=O) groups excluding carboxylic acids is 2. The van der Waals surface area contributed by atoms with Gasteiger partial charge in [0.2, 0.25) is 5.91 Å². The van der Waals surface area contributed by atoms with Gasteiger partial charge in [-0.2, -0.15) is 0 Å². The number of methoxy groups -OCH3 is 1. The molecule has 1 aliphatic heterocycles. The Bertz CT molecular complexity index is 516. The number of nitrogens with one attached hydrogen (secondary N) is 3. The van der Waals surface area contributed by atoms with Crippen LogP contribution in [0.5, 0.6) is 0 Å². The topological polar surface area (TPSA) is 79.5 Å². The van der Waals surface area contributed by atoms with Crippen molar-refractivity contribution in [2.75, 3.05) is 7.11 Å². The van der Waals surface area contributed by atoms with Gasteiger partial charge < -0.3 is 10.1 Å². The summed E-state index contributed by atoms with van der Waals surface area (Å²) in [6.45, 7) is 2.57. The molecule has 1 fully saturated rings. The van der Waals surface area contributed by atoms with E-state index < -0.39 is 0 Å². The molecule has 0 aromatic heterocycles. The minimum absolute atomic E-state index is 0.0110. The first-order chi connectivity index (χ1) is 10.6. The van der Waals surface area contributed by atoms with Crippen molar-refractivity contribution in [1.82, 2.24) is 16.2 Å². The van der Waals surface area contributed by atoms with Gasteiger partial charge in [0.05, 0.1) is 12.7 Å². The molecule has 1 amide bonds. The Kier molecular flexibility index (Phi) is 5.91. The summed E-state index contributed by atoms with van der Waals surface area (Å²) in [5.74, 6) is -0.373. The van der Waals surface area contributed by atoms with Gasteiger partial charge in [0.15, 0.2) is 0 Å². The Balaban J connectivity index is 1.80. The molecule has 1 aromatic carbocycles. The summed E-state index contributed by atoms with van der Waals surface area (Å²) in [6.07, 6.45) is 2.97. The summed E-state index contributed by atoms with van der Waals surface area (Å²) < 4.78 is 4.65. The normalized spacial score (nSPS) is 20.6. The molecule has 6 heteroatoms. The van der Waals surface area contributed by atoms with E-state index in [4.69, 9.17) is 0 Å². The van der Waals surface area contributed by atoms with Gasteiger partial charge in [-0.3, -0.25) is 10.2 Å². The van der Waals surface area contributed by atoms with Gasteiger partial charge >= 0.3 is 5.97 Å². The van der Waals surface area contributed by atoms with Crippen LogP contribution >= 0.6 is 0 Å². The quantitative estimate of drug-likeness (QED) is 0.687. The summed E-state index contributed by atoms with van der Waals surface area (Å²) in [5.41, 5.74) is 7.63. The van der Waals surface area contributed by atoms with Crippen molar-refractivity contribution >= 4 is 11.9 Å². The molecule has 6 nitrogen and oxygen atoms in total. The summed E-state index contributed by atoms with van der Waals surface area (Å²) in [5, 5.41) is 2.91. The van der Waals surface area contributed by atoms with Crippen LogP contribution in [-0.2, 0) is 16.1 Å². The second-order valence-corrected chi connectivity index (χ2v) is 5.47. The van der Waals surface area contributed by atoms with Crippen molar-refractivity contribution in [3.05, 3.63) is 35.4 Å². The lowest BCUT2D eigenvalue weighted by Crippen LogP contribution is -2.43. The number of ether oxygens (including phenoxy) is 1. The van der Waals surface area contributed by atoms with Gasteiger partial charge in [0, 0.05) is 12.6 Å². The third-order valence-corrected chi connectivity index (χ3v) is 3.78. The third kappa shape index (κ3) is 4.29. The molecule has 0 spiro atoms. The van der Waals surface area contributed by atoms with Crippen molar-refractivity contribution in [3.63, 3.8) is 0 Å². The monoisotopic (exact) mass is 305 g/mol. The minimum atomic E-state index is -0.362. The van der Waals surface area contributed by atoms with Crippen molar-refractivity contribution in [3.8, 4) is 0 Å². The van der Waals surface area contributed by atoms with Crippen LogP contribution in [-0.4, -0.2) is 31.1 Å². The van der Waals surface area contributed by atoms with E-state index in [0.717, 1.165) is 24.8 Å². The number of esters is 1. The van der Waals surface area contributed by atoms with Crippen LogP contribution in [0.25, 0.3) is 0 Å². The highest BCUT2D eigenvalue weighted by Gasteiger charge is 2.28. The zero-order chi connectivity index (χ0) is 15.9. The number of hydrazine groups is 1. The van der Waals surface area contributed by atoms with E-state index in [2.05, 4.69) is 27.8 Å². The molecule has 3 N–H and O–H groups in total. The highest BCUT2D eigenvalue weighted by molar-refractivity contribution is 5.89. The van der Waals surface area contributed by atoms with Gasteiger partial charge in [0.1, 0.15) is 6.04 Å². The summed E-state index contributed by atoms with van der Waals surface area (Å²) in [6, 6.07) is 7.19. The van der Waals surface area contributed by atoms with Gasteiger partial charge in [-0.05, 0) is 30.5 Å². The number of hydrogen-bond acceptors (Lipinski definition) is 5. The Morgan fingerprint density at radius 1 is 1.27 bits per heavy atom. The summed E-state index contributed by atoms with van der Waals surface area (Å²) >= 11 is 0. The molecule has 120 valence electrons. The molecule has 2 unspecified atom stereocenters.